The third kappa shape index (κ3) is 2.80. The highest BCUT2D eigenvalue weighted by Gasteiger charge is 2.07. The molecule has 60 valence electrons. The van der Waals surface area contributed by atoms with E-state index in [1.165, 1.54) is 5.54 Å². The molecular formula is C7H13Cl2N. The Morgan fingerprint density at radius 1 is 1.60 bits per heavy atom. The molecule has 0 aromatic rings. The molecule has 0 radical (unpaired) electrons. The normalized spacial score (nSPS) is 12.4. The van der Waals surface area contributed by atoms with Crippen LogP contribution in [0, 0.1) is 0 Å². The minimum atomic E-state index is 0.410. The van der Waals surface area contributed by atoms with E-state index in [1.807, 2.05) is 11.8 Å². The monoisotopic (exact) mass is 181 g/mol. The van der Waals surface area contributed by atoms with Crippen LogP contribution < -0.4 is 0 Å². The van der Waals surface area contributed by atoms with Crippen LogP contribution in [0.5, 0.6) is 0 Å². The predicted octanol–water partition coefficient (Wildman–Crippen LogP) is 2.99. The average molecular weight is 182 g/mol. The fourth-order valence-electron chi connectivity index (χ4n) is 0.826. The summed E-state index contributed by atoms with van der Waals surface area (Å²) in [7, 11) is 0. The molecule has 0 saturated carbocycles. The molecule has 1 nitrogen and oxygen atoms in total. The average Bonchev–Trinajstić information content (AvgIpc) is 1.88. The van der Waals surface area contributed by atoms with Gasteiger partial charge >= 0.3 is 0 Å². The summed E-state index contributed by atoms with van der Waals surface area (Å²) < 4.78 is 0. The van der Waals surface area contributed by atoms with Crippen LogP contribution >= 0.6 is 23.2 Å². The Bertz CT molecular complexity index is 121. The molecule has 3 heteroatoms. The zero-order chi connectivity index (χ0) is 8.15. The van der Waals surface area contributed by atoms with E-state index in [0.717, 1.165) is 6.54 Å². The van der Waals surface area contributed by atoms with Gasteiger partial charge in [0.1, 0.15) is 5.16 Å². The summed E-state index contributed by atoms with van der Waals surface area (Å²) in [6.07, 6.45) is 0. The zero-order valence-electron chi connectivity index (χ0n) is 6.56. The second-order valence-corrected chi connectivity index (χ2v) is 2.92. The Morgan fingerprint density at radius 2 is 2.10 bits per heavy atom. The van der Waals surface area contributed by atoms with E-state index in [4.69, 9.17) is 23.2 Å². The molecule has 0 aromatic heterocycles. The molecule has 0 saturated heterocycles. The molecule has 0 N–H and O–H groups in total. The first kappa shape index (κ1) is 10.1. The van der Waals surface area contributed by atoms with Crippen LogP contribution in [0.2, 0.25) is 0 Å². The van der Waals surface area contributed by atoms with E-state index < -0.39 is 0 Å². The molecule has 0 spiro atoms. The summed E-state index contributed by atoms with van der Waals surface area (Å²) in [5.74, 6) is 0. The van der Waals surface area contributed by atoms with Crippen molar-refractivity contribution in [3.8, 4) is 0 Å². The van der Waals surface area contributed by atoms with Crippen LogP contribution in [-0.2, 0) is 0 Å². The summed E-state index contributed by atoms with van der Waals surface area (Å²) in [6, 6.07) is 0.410. The molecule has 0 heterocycles. The molecule has 0 amide bonds. The SMILES string of the molecule is CCN(/C(Cl)=C\Cl)C(C)C. The smallest absolute Gasteiger partial charge is 0.116 e. The standard InChI is InChI=1S/C7H13Cl2N/c1-4-10(6(2)3)7(9)5-8/h5-6H,4H2,1-3H3/b7-5-. The van der Waals surface area contributed by atoms with Gasteiger partial charge in [-0.3, -0.25) is 0 Å². The first-order valence-corrected chi connectivity index (χ1v) is 4.17. The summed E-state index contributed by atoms with van der Waals surface area (Å²) in [4.78, 5) is 2.01. The van der Waals surface area contributed by atoms with Crippen molar-refractivity contribution >= 4 is 23.2 Å². The zero-order valence-corrected chi connectivity index (χ0v) is 8.08. The number of hydrogen-bond donors (Lipinski definition) is 0. The molecule has 0 rings (SSSR count). The van der Waals surface area contributed by atoms with E-state index in [2.05, 4.69) is 13.8 Å². The molecule has 0 aliphatic heterocycles. The maximum Gasteiger partial charge on any atom is 0.116 e. The topological polar surface area (TPSA) is 3.24 Å². The highest BCUT2D eigenvalue weighted by Crippen LogP contribution is 2.13. The van der Waals surface area contributed by atoms with Gasteiger partial charge in [-0.15, -0.1) is 0 Å². The van der Waals surface area contributed by atoms with Crippen molar-refractivity contribution in [1.82, 2.24) is 4.90 Å². The van der Waals surface area contributed by atoms with Crippen LogP contribution in [0.1, 0.15) is 20.8 Å². The Hall–Kier alpha value is 0.120. The maximum absolute atomic E-state index is 5.78. The fourth-order valence-corrected chi connectivity index (χ4v) is 1.27. The lowest BCUT2D eigenvalue weighted by atomic mass is 10.3. The molecule has 0 aromatic carbocycles. The van der Waals surface area contributed by atoms with Gasteiger partial charge in [-0.25, -0.2) is 0 Å². The Labute approximate surface area is 72.6 Å². The third-order valence-electron chi connectivity index (χ3n) is 1.33. The Balaban J connectivity index is 4.07. The molecule has 0 aliphatic rings. The van der Waals surface area contributed by atoms with Crippen LogP contribution in [0.4, 0.5) is 0 Å². The minimum absolute atomic E-state index is 0.410. The van der Waals surface area contributed by atoms with Crippen LogP contribution in [0.3, 0.4) is 0 Å². The van der Waals surface area contributed by atoms with Crippen molar-refractivity contribution in [1.29, 1.82) is 0 Å². The van der Waals surface area contributed by atoms with Gasteiger partial charge in [-0.05, 0) is 20.8 Å². The highest BCUT2D eigenvalue weighted by molar-refractivity contribution is 6.36. The summed E-state index contributed by atoms with van der Waals surface area (Å²) in [6.45, 7) is 7.08. The molecule has 0 fully saturated rings. The van der Waals surface area contributed by atoms with Crippen LogP contribution in [0.25, 0.3) is 0 Å². The van der Waals surface area contributed by atoms with Gasteiger partial charge in [0, 0.05) is 18.1 Å². The van der Waals surface area contributed by atoms with Crippen LogP contribution in [-0.4, -0.2) is 17.5 Å². The first-order valence-electron chi connectivity index (χ1n) is 3.36. The Kier molecular flexibility index (Phi) is 4.92. The van der Waals surface area contributed by atoms with Crippen molar-refractivity contribution in [3.05, 3.63) is 10.7 Å². The van der Waals surface area contributed by atoms with Gasteiger partial charge in [0.25, 0.3) is 0 Å². The van der Waals surface area contributed by atoms with E-state index in [-0.39, 0.29) is 0 Å². The van der Waals surface area contributed by atoms with Crippen molar-refractivity contribution in [2.75, 3.05) is 6.54 Å². The van der Waals surface area contributed by atoms with Gasteiger partial charge < -0.3 is 4.90 Å². The lowest BCUT2D eigenvalue weighted by Gasteiger charge is -2.25. The van der Waals surface area contributed by atoms with Gasteiger partial charge in [0.2, 0.25) is 0 Å². The fraction of sp³-hybridized carbons (Fsp3) is 0.714. The van der Waals surface area contributed by atoms with E-state index in [0.29, 0.717) is 11.2 Å². The van der Waals surface area contributed by atoms with Crippen molar-refractivity contribution < 1.29 is 0 Å². The lowest BCUT2D eigenvalue weighted by Crippen LogP contribution is -2.27. The predicted molar refractivity (Wildman–Crippen MR) is 47.3 cm³/mol. The molecular weight excluding hydrogens is 169 g/mol. The van der Waals surface area contributed by atoms with Gasteiger partial charge in [-0.1, -0.05) is 23.2 Å². The van der Waals surface area contributed by atoms with E-state index in [1.54, 1.807) is 0 Å². The summed E-state index contributed by atoms with van der Waals surface area (Å²) >= 11 is 11.2. The second kappa shape index (κ2) is 4.86. The Morgan fingerprint density at radius 3 is 2.20 bits per heavy atom. The van der Waals surface area contributed by atoms with Gasteiger partial charge in [0.15, 0.2) is 0 Å². The van der Waals surface area contributed by atoms with Crippen molar-refractivity contribution in [2.45, 2.75) is 26.8 Å². The van der Waals surface area contributed by atoms with Crippen molar-refractivity contribution in [2.24, 2.45) is 0 Å². The van der Waals surface area contributed by atoms with Crippen molar-refractivity contribution in [3.63, 3.8) is 0 Å². The molecule has 10 heavy (non-hydrogen) atoms. The second-order valence-electron chi connectivity index (χ2n) is 2.31. The van der Waals surface area contributed by atoms with Gasteiger partial charge in [0.05, 0.1) is 0 Å². The molecule has 0 bridgehead atoms. The molecule has 0 unspecified atom stereocenters. The molecule has 0 atom stereocenters. The number of rotatable bonds is 3. The maximum atomic E-state index is 5.78. The summed E-state index contributed by atoms with van der Waals surface area (Å²) in [5.41, 5.74) is 1.39. The summed E-state index contributed by atoms with van der Waals surface area (Å²) in [5, 5.41) is 0.610. The highest BCUT2D eigenvalue weighted by atomic mass is 35.5. The van der Waals surface area contributed by atoms with Crippen LogP contribution in [0.15, 0.2) is 10.7 Å². The minimum Gasteiger partial charge on any atom is -0.359 e. The van der Waals surface area contributed by atoms with E-state index in [9.17, 15) is 0 Å². The number of hydrogen-bond acceptors (Lipinski definition) is 1. The number of halogens is 2. The lowest BCUT2D eigenvalue weighted by molar-refractivity contribution is 0.317. The molecule has 0 aliphatic carbocycles. The van der Waals surface area contributed by atoms with E-state index >= 15 is 0 Å². The number of nitrogens with zero attached hydrogens (tertiary/aromatic N) is 1. The quantitative estimate of drug-likeness (QED) is 0.606. The third-order valence-corrected chi connectivity index (χ3v) is 1.97. The largest absolute Gasteiger partial charge is 0.359 e. The first-order chi connectivity index (χ1) is 4.63. The van der Waals surface area contributed by atoms with Gasteiger partial charge in [-0.2, -0.15) is 0 Å².